The second-order valence-corrected chi connectivity index (χ2v) is 25.5. The molecule has 5 nitrogen and oxygen atoms in total. The summed E-state index contributed by atoms with van der Waals surface area (Å²) in [5, 5.41) is 22.0. The Morgan fingerprint density at radius 1 is 0.426 bits per heavy atom. The maximum Gasteiger partial charge on any atom is 0.0863 e. The van der Waals surface area contributed by atoms with Gasteiger partial charge in [-0.05, 0) is 63.5 Å². The van der Waals surface area contributed by atoms with E-state index in [1.54, 1.807) is 49.3 Å². The van der Waals surface area contributed by atoms with Gasteiger partial charge in [0.15, 0.2) is 0 Å². The van der Waals surface area contributed by atoms with Gasteiger partial charge < -0.3 is 19.8 Å². The van der Waals surface area contributed by atoms with E-state index in [1.807, 2.05) is 0 Å². The molecule has 2 aromatic rings. The SMILES string of the molecule is CCCC[P+](CCCC)(CCCC)CCCC.CCCC[P+](CCCC)(CCCC)CCCC.O=C([O-])c1ccccc1S(=O)c1ccccc1C(=O)[O-]. The van der Waals surface area contributed by atoms with Crippen molar-refractivity contribution in [2.24, 2.45) is 0 Å². The van der Waals surface area contributed by atoms with Crippen LogP contribution in [0.4, 0.5) is 0 Å². The van der Waals surface area contributed by atoms with Gasteiger partial charge in [0.1, 0.15) is 0 Å². The number of rotatable bonds is 28. The predicted molar refractivity (Wildman–Crippen MR) is 238 cm³/mol. The van der Waals surface area contributed by atoms with Gasteiger partial charge >= 0.3 is 0 Å². The Kier molecular flexibility index (Phi) is 31.5. The molecule has 0 saturated carbocycles. The molecule has 0 fully saturated rings. The number of hydrogen-bond donors (Lipinski definition) is 0. The molecule has 54 heavy (non-hydrogen) atoms. The van der Waals surface area contributed by atoms with Gasteiger partial charge in [0.05, 0.1) is 81.8 Å². The molecule has 0 aliphatic rings. The third-order valence-electron chi connectivity index (χ3n) is 10.5. The second kappa shape index (κ2) is 32.5. The summed E-state index contributed by atoms with van der Waals surface area (Å²) >= 11 is 0. The van der Waals surface area contributed by atoms with E-state index < -0.39 is 37.3 Å². The van der Waals surface area contributed by atoms with E-state index in [-0.39, 0.29) is 20.9 Å². The Hall–Kier alpha value is -1.61. The van der Waals surface area contributed by atoms with Crippen molar-refractivity contribution in [2.45, 2.75) is 168 Å². The normalized spacial score (nSPS) is 11.4. The Labute approximate surface area is 336 Å². The maximum absolute atomic E-state index is 12.4. The lowest BCUT2D eigenvalue weighted by atomic mass is 10.2. The maximum atomic E-state index is 12.4. The smallest absolute Gasteiger partial charge is 0.0863 e. The lowest BCUT2D eigenvalue weighted by Crippen LogP contribution is -2.25. The molecule has 0 aliphatic carbocycles. The topological polar surface area (TPSA) is 97.3 Å². The first-order valence-electron chi connectivity index (χ1n) is 21.7. The molecule has 310 valence electrons. The zero-order chi connectivity index (χ0) is 40.7. The first-order valence-corrected chi connectivity index (χ1v) is 27.9. The minimum Gasteiger partial charge on any atom is -0.545 e. The fourth-order valence-electron chi connectivity index (χ4n) is 7.00. The average Bonchev–Trinajstić information content (AvgIpc) is 3.19. The summed E-state index contributed by atoms with van der Waals surface area (Å²) in [4.78, 5) is 22.0. The van der Waals surface area contributed by atoms with Crippen molar-refractivity contribution >= 4 is 37.3 Å². The molecular formula is C46H80O5P2S. The van der Waals surface area contributed by atoms with E-state index in [0.717, 1.165) is 0 Å². The van der Waals surface area contributed by atoms with Gasteiger partial charge in [0.25, 0.3) is 0 Å². The zero-order valence-corrected chi connectivity index (χ0v) is 38.5. The molecule has 0 heterocycles. The van der Waals surface area contributed by atoms with Crippen LogP contribution in [0.2, 0.25) is 0 Å². The molecule has 2 rings (SSSR count). The van der Waals surface area contributed by atoms with Crippen molar-refractivity contribution in [1.82, 2.24) is 0 Å². The lowest BCUT2D eigenvalue weighted by molar-refractivity contribution is -0.256. The first-order chi connectivity index (χ1) is 26.0. The van der Waals surface area contributed by atoms with Crippen molar-refractivity contribution in [1.29, 1.82) is 0 Å². The summed E-state index contributed by atoms with van der Waals surface area (Å²) in [6.07, 6.45) is 35.9. The van der Waals surface area contributed by atoms with Crippen LogP contribution in [0.1, 0.15) is 179 Å². The number of benzene rings is 2. The van der Waals surface area contributed by atoms with Gasteiger partial charge in [-0.2, -0.15) is 0 Å². The van der Waals surface area contributed by atoms with Crippen LogP contribution in [0.3, 0.4) is 0 Å². The summed E-state index contributed by atoms with van der Waals surface area (Å²) in [6, 6.07) is 11.2. The first kappa shape index (κ1) is 52.4. The molecule has 0 atom stereocenters. The van der Waals surface area contributed by atoms with Crippen molar-refractivity contribution in [3.63, 3.8) is 0 Å². The van der Waals surface area contributed by atoms with Gasteiger partial charge in [0, 0.05) is 25.7 Å². The van der Waals surface area contributed by atoms with Crippen LogP contribution >= 0.6 is 14.5 Å². The molecule has 0 saturated heterocycles. The summed E-state index contributed by atoms with van der Waals surface area (Å²) < 4.78 is 12.4. The van der Waals surface area contributed by atoms with Crippen LogP contribution in [0.15, 0.2) is 58.3 Å². The van der Waals surface area contributed by atoms with Crippen LogP contribution in [0.5, 0.6) is 0 Å². The summed E-state index contributed by atoms with van der Waals surface area (Å²) in [5.41, 5.74) is -0.474. The third kappa shape index (κ3) is 21.1. The Morgan fingerprint density at radius 2 is 0.630 bits per heavy atom. The Morgan fingerprint density at radius 3 is 0.815 bits per heavy atom. The zero-order valence-electron chi connectivity index (χ0n) is 35.9. The van der Waals surface area contributed by atoms with E-state index in [2.05, 4.69) is 55.4 Å². The quantitative estimate of drug-likeness (QED) is 0.0798. The minimum absolute atomic E-state index is 0.0128. The van der Waals surface area contributed by atoms with Crippen molar-refractivity contribution in [3.05, 3.63) is 59.7 Å². The number of hydrogen-bond acceptors (Lipinski definition) is 5. The number of carbonyl (C=O) groups excluding carboxylic acids is 2. The molecule has 0 aromatic heterocycles. The van der Waals surface area contributed by atoms with Crippen molar-refractivity contribution in [2.75, 3.05) is 49.3 Å². The molecule has 0 N–H and O–H groups in total. The number of unbranched alkanes of at least 4 members (excludes halogenated alkanes) is 8. The van der Waals surface area contributed by atoms with Crippen molar-refractivity contribution in [3.8, 4) is 0 Å². The average molecular weight is 807 g/mol. The lowest BCUT2D eigenvalue weighted by Gasteiger charge is -2.28. The highest BCUT2D eigenvalue weighted by atomic mass is 32.2. The number of carbonyl (C=O) groups is 2. The largest absolute Gasteiger partial charge is 0.545 e. The van der Waals surface area contributed by atoms with Crippen LogP contribution in [0, 0.1) is 0 Å². The predicted octanol–water partition coefficient (Wildman–Crippen LogP) is 12.0. The van der Waals surface area contributed by atoms with Crippen LogP contribution in [0.25, 0.3) is 0 Å². The monoisotopic (exact) mass is 807 g/mol. The summed E-state index contributed by atoms with van der Waals surface area (Å²) in [7, 11) is -3.08. The second-order valence-electron chi connectivity index (χ2n) is 15.1. The molecule has 2 aromatic carbocycles. The van der Waals surface area contributed by atoms with Crippen LogP contribution in [-0.2, 0) is 10.8 Å². The molecule has 8 heteroatoms. The Bertz CT molecular complexity index is 1110. The summed E-state index contributed by atoms with van der Waals surface area (Å²) in [5.74, 6) is -2.94. The van der Waals surface area contributed by atoms with E-state index in [0.29, 0.717) is 0 Å². The van der Waals surface area contributed by atoms with E-state index in [4.69, 9.17) is 0 Å². The van der Waals surface area contributed by atoms with E-state index in [9.17, 15) is 24.0 Å². The minimum atomic E-state index is -1.95. The Balaban J connectivity index is 0.000000786. The van der Waals surface area contributed by atoms with E-state index >= 15 is 0 Å². The highest BCUT2D eigenvalue weighted by Gasteiger charge is 2.35. The molecule has 0 radical (unpaired) electrons. The number of carboxylic acids is 2. The third-order valence-corrected chi connectivity index (χ3v) is 22.1. The molecule has 0 bridgehead atoms. The van der Waals surface area contributed by atoms with Gasteiger partial charge in [-0.3, -0.25) is 0 Å². The molecule has 0 spiro atoms. The number of aromatic carboxylic acids is 2. The highest BCUT2D eigenvalue weighted by molar-refractivity contribution is 7.85. The fraction of sp³-hybridized carbons (Fsp3) is 0.696. The highest BCUT2D eigenvalue weighted by Crippen LogP contribution is 2.62. The van der Waals surface area contributed by atoms with Crippen LogP contribution < -0.4 is 10.2 Å². The van der Waals surface area contributed by atoms with Gasteiger partial charge in [-0.1, -0.05) is 143 Å². The molecule has 0 unspecified atom stereocenters. The molecule has 0 aliphatic heterocycles. The van der Waals surface area contributed by atoms with Gasteiger partial charge in [-0.25, -0.2) is 4.21 Å². The van der Waals surface area contributed by atoms with Crippen LogP contribution in [-0.4, -0.2) is 65.4 Å². The van der Waals surface area contributed by atoms with Crippen molar-refractivity contribution < 1.29 is 24.0 Å². The fourth-order valence-corrected chi connectivity index (χ4v) is 18.9. The van der Waals surface area contributed by atoms with Gasteiger partial charge in [0.2, 0.25) is 0 Å². The number of carboxylic acid groups (broad SMARTS) is 2. The molecule has 0 amide bonds. The summed E-state index contributed by atoms with van der Waals surface area (Å²) in [6.45, 7) is 18.8. The van der Waals surface area contributed by atoms with E-state index in [1.165, 1.54) is 151 Å². The molecular weight excluding hydrogens is 727 g/mol. The standard InChI is InChI=1S/2C16H36P.C14H10O5S/c2*1-5-9-13-17(14-10-6-2,15-11-7-3)16-12-8-4;15-13(16)9-5-1-3-7-11(9)20(19)12-8-4-2-6-10(12)14(17)18/h2*5-16H2,1-4H3;1-8H,(H,15,16)(H,17,18)/q2*+1;/p-2. The van der Waals surface area contributed by atoms with Gasteiger partial charge in [-0.15, -0.1) is 0 Å².